The number of anilines is 2. The second kappa shape index (κ2) is 11.2. The molecule has 0 saturated carbocycles. The molecule has 7 nitrogen and oxygen atoms in total. The van der Waals surface area contributed by atoms with Crippen LogP contribution in [0, 0.1) is 5.82 Å². The molecule has 1 heterocycles. The molecule has 0 aromatic heterocycles. The monoisotopic (exact) mass is 509 g/mol. The quantitative estimate of drug-likeness (QED) is 0.379. The third kappa shape index (κ3) is 5.83. The average Bonchev–Trinajstić information content (AvgIpc) is 3.09. The second-order valence-electron chi connectivity index (χ2n) is 8.33. The lowest BCUT2D eigenvalue weighted by Crippen LogP contribution is -2.37. The van der Waals surface area contributed by atoms with E-state index in [9.17, 15) is 18.8 Å². The summed E-state index contributed by atoms with van der Waals surface area (Å²) in [6.07, 6.45) is 0.637. The van der Waals surface area contributed by atoms with Crippen molar-refractivity contribution in [2.75, 3.05) is 16.8 Å². The van der Waals surface area contributed by atoms with Crippen molar-refractivity contribution < 1.29 is 23.5 Å². The SMILES string of the molecule is CCCOc1ccc(NC(=O)C[C@H]2C(=O)N(c3ccc(Cl)cc3)C(=O)N2Cc2ccc(F)cc2)cc1. The van der Waals surface area contributed by atoms with Gasteiger partial charge in [-0.2, -0.15) is 0 Å². The molecule has 1 aliphatic heterocycles. The van der Waals surface area contributed by atoms with Crippen LogP contribution < -0.4 is 15.0 Å². The van der Waals surface area contributed by atoms with E-state index in [1.165, 1.54) is 29.2 Å². The van der Waals surface area contributed by atoms with Crippen LogP contribution in [0.25, 0.3) is 0 Å². The minimum Gasteiger partial charge on any atom is -0.494 e. The van der Waals surface area contributed by atoms with Crippen molar-refractivity contribution in [3.63, 3.8) is 0 Å². The zero-order valence-electron chi connectivity index (χ0n) is 19.6. The summed E-state index contributed by atoms with van der Waals surface area (Å²) in [6, 6.07) is 17.2. The molecule has 4 rings (SSSR count). The highest BCUT2D eigenvalue weighted by atomic mass is 35.5. The molecule has 186 valence electrons. The van der Waals surface area contributed by atoms with Crippen molar-refractivity contribution in [1.29, 1.82) is 0 Å². The van der Waals surface area contributed by atoms with Gasteiger partial charge in [-0.1, -0.05) is 30.7 Å². The molecule has 9 heteroatoms. The van der Waals surface area contributed by atoms with E-state index in [0.29, 0.717) is 34.3 Å². The Balaban J connectivity index is 1.53. The van der Waals surface area contributed by atoms with Gasteiger partial charge < -0.3 is 15.0 Å². The second-order valence-corrected chi connectivity index (χ2v) is 8.76. The van der Waals surface area contributed by atoms with Gasteiger partial charge in [0.2, 0.25) is 5.91 Å². The Kier molecular flexibility index (Phi) is 7.85. The van der Waals surface area contributed by atoms with Crippen molar-refractivity contribution in [3.8, 4) is 5.75 Å². The van der Waals surface area contributed by atoms with Crippen molar-refractivity contribution in [3.05, 3.63) is 89.2 Å². The summed E-state index contributed by atoms with van der Waals surface area (Å²) in [5.41, 5.74) is 1.52. The molecule has 0 bridgehead atoms. The molecular weight excluding hydrogens is 485 g/mol. The van der Waals surface area contributed by atoms with E-state index in [1.807, 2.05) is 6.92 Å². The molecule has 0 unspecified atom stereocenters. The highest BCUT2D eigenvalue weighted by Gasteiger charge is 2.46. The molecule has 1 fully saturated rings. The third-order valence-corrected chi connectivity index (χ3v) is 5.91. The summed E-state index contributed by atoms with van der Waals surface area (Å²) in [6.45, 7) is 2.64. The number of hydrogen-bond donors (Lipinski definition) is 1. The van der Waals surface area contributed by atoms with Gasteiger partial charge in [0, 0.05) is 17.3 Å². The van der Waals surface area contributed by atoms with Crippen LogP contribution in [0.2, 0.25) is 5.02 Å². The van der Waals surface area contributed by atoms with E-state index < -0.39 is 29.7 Å². The van der Waals surface area contributed by atoms with Crippen molar-refractivity contribution in [2.24, 2.45) is 0 Å². The molecule has 1 atom stereocenters. The number of nitrogens with one attached hydrogen (secondary N) is 1. The minimum absolute atomic E-state index is 0.0380. The Morgan fingerprint density at radius 1 is 1.00 bits per heavy atom. The number of nitrogens with zero attached hydrogens (tertiary/aromatic N) is 2. The Bertz CT molecular complexity index is 1230. The predicted octanol–water partition coefficient (Wildman–Crippen LogP) is 5.63. The van der Waals surface area contributed by atoms with Crippen molar-refractivity contribution in [2.45, 2.75) is 32.4 Å². The maximum absolute atomic E-state index is 13.4. The molecule has 1 aliphatic rings. The number of ether oxygens (including phenoxy) is 1. The highest BCUT2D eigenvalue weighted by Crippen LogP contribution is 2.29. The molecule has 4 amide bonds. The van der Waals surface area contributed by atoms with Gasteiger partial charge in [0.25, 0.3) is 5.91 Å². The third-order valence-electron chi connectivity index (χ3n) is 5.66. The van der Waals surface area contributed by atoms with Gasteiger partial charge in [0.1, 0.15) is 17.6 Å². The number of hydrogen-bond acceptors (Lipinski definition) is 4. The molecule has 0 radical (unpaired) electrons. The van der Waals surface area contributed by atoms with Gasteiger partial charge in [-0.15, -0.1) is 0 Å². The van der Waals surface area contributed by atoms with E-state index >= 15 is 0 Å². The lowest BCUT2D eigenvalue weighted by atomic mass is 10.1. The van der Waals surface area contributed by atoms with Gasteiger partial charge in [-0.3, -0.25) is 9.59 Å². The number of amides is 4. The lowest BCUT2D eigenvalue weighted by molar-refractivity contribution is -0.124. The summed E-state index contributed by atoms with van der Waals surface area (Å²) >= 11 is 5.96. The average molecular weight is 510 g/mol. The fraction of sp³-hybridized carbons (Fsp3) is 0.222. The van der Waals surface area contributed by atoms with Crippen LogP contribution in [0.4, 0.5) is 20.6 Å². The smallest absolute Gasteiger partial charge is 0.332 e. The van der Waals surface area contributed by atoms with Crippen LogP contribution in [0.3, 0.4) is 0 Å². The van der Waals surface area contributed by atoms with Gasteiger partial charge in [0.05, 0.1) is 18.7 Å². The van der Waals surface area contributed by atoms with Crippen LogP contribution in [0.5, 0.6) is 5.75 Å². The zero-order valence-corrected chi connectivity index (χ0v) is 20.4. The van der Waals surface area contributed by atoms with Gasteiger partial charge in [-0.05, 0) is 72.6 Å². The van der Waals surface area contributed by atoms with Gasteiger partial charge in [0.15, 0.2) is 0 Å². The van der Waals surface area contributed by atoms with Crippen molar-refractivity contribution >= 4 is 40.8 Å². The van der Waals surface area contributed by atoms with E-state index in [0.717, 1.165) is 11.3 Å². The summed E-state index contributed by atoms with van der Waals surface area (Å²) in [4.78, 5) is 41.9. The molecule has 0 spiro atoms. The Morgan fingerprint density at radius 3 is 2.31 bits per heavy atom. The van der Waals surface area contributed by atoms with E-state index in [1.54, 1.807) is 48.5 Å². The van der Waals surface area contributed by atoms with Crippen LogP contribution >= 0.6 is 11.6 Å². The van der Waals surface area contributed by atoms with E-state index in [4.69, 9.17) is 16.3 Å². The molecule has 36 heavy (non-hydrogen) atoms. The zero-order chi connectivity index (χ0) is 25.7. The van der Waals surface area contributed by atoms with E-state index in [-0.39, 0.29) is 13.0 Å². The molecular formula is C27H25ClFN3O4. The first-order chi connectivity index (χ1) is 17.4. The molecule has 1 N–H and O–H groups in total. The van der Waals surface area contributed by atoms with E-state index in [2.05, 4.69) is 5.32 Å². The molecule has 1 saturated heterocycles. The number of urea groups is 1. The first-order valence-corrected chi connectivity index (χ1v) is 11.9. The fourth-order valence-electron chi connectivity index (χ4n) is 3.87. The molecule has 0 aliphatic carbocycles. The summed E-state index contributed by atoms with van der Waals surface area (Å²) in [7, 11) is 0. The lowest BCUT2D eigenvalue weighted by Gasteiger charge is -2.21. The first kappa shape index (κ1) is 25.2. The number of benzene rings is 3. The maximum Gasteiger partial charge on any atom is 0.332 e. The molecule has 3 aromatic carbocycles. The first-order valence-electron chi connectivity index (χ1n) is 11.5. The summed E-state index contributed by atoms with van der Waals surface area (Å²) < 4.78 is 18.9. The van der Waals surface area contributed by atoms with Crippen LogP contribution in [0.1, 0.15) is 25.3 Å². The Morgan fingerprint density at radius 2 is 1.67 bits per heavy atom. The van der Waals surface area contributed by atoms with Crippen molar-refractivity contribution in [1.82, 2.24) is 4.90 Å². The minimum atomic E-state index is -1.04. The Labute approximate surface area is 213 Å². The van der Waals surface area contributed by atoms with Gasteiger partial charge >= 0.3 is 6.03 Å². The number of carbonyl (C=O) groups excluding carboxylic acids is 3. The largest absolute Gasteiger partial charge is 0.494 e. The standard InChI is InChI=1S/C27H25ClFN3O4/c1-2-15-36-23-13-9-21(10-14-23)30-25(33)16-24-26(34)32(22-11-5-19(28)6-12-22)27(35)31(24)17-18-3-7-20(29)8-4-18/h3-14,24H,2,15-17H2,1H3,(H,30,33)/t24-/m0/s1. The Hall–Kier alpha value is -3.91. The normalized spacial score (nSPS) is 15.4. The number of halogens is 2. The highest BCUT2D eigenvalue weighted by molar-refractivity contribution is 6.30. The molecule has 3 aromatic rings. The number of carbonyl (C=O) groups is 3. The number of rotatable bonds is 9. The topological polar surface area (TPSA) is 79.0 Å². The van der Waals surface area contributed by atoms with Crippen LogP contribution in [-0.2, 0) is 16.1 Å². The predicted molar refractivity (Wildman–Crippen MR) is 136 cm³/mol. The maximum atomic E-state index is 13.4. The van der Waals surface area contributed by atoms with Gasteiger partial charge in [-0.25, -0.2) is 14.1 Å². The van der Waals surface area contributed by atoms with Crippen LogP contribution in [-0.4, -0.2) is 35.4 Å². The fourth-order valence-corrected chi connectivity index (χ4v) is 4.00. The summed E-state index contributed by atoms with van der Waals surface area (Å²) in [5.74, 6) is -0.670. The number of imide groups is 1. The van der Waals surface area contributed by atoms with Crippen LogP contribution in [0.15, 0.2) is 72.8 Å². The summed E-state index contributed by atoms with van der Waals surface area (Å²) in [5, 5.41) is 3.23.